The number of benzene rings is 1. The maximum Gasteiger partial charge on any atom is 0.308 e. The molecule has 108 valence electrons. The molecule has 2 aromatic rings. The van der Waals surface area contributed by atoms with E-state index in [9.17, 15) is 4.79 Å². The standard InChI is InChI=1S/C14H14ClNO2S.ClH/c1-10(17)18-13-6-2-5-12(14(13)15)16-8-7-11-4-3-9-19-11;/h2-6,9,16H,7-8H2,1H3;1H. The van der Waals surface area contributed by atoms with Crippen molar-refractivity contribution in [2.24, 2.45) is 0 Å². The first kappa shape index (κ1) is 16.8. The number of esters is 1. The van der Waals surface area contributed by atoms with Crippen LogP contribution in [0, 0.1) is 0 Å². The SMILES string of the molecule is CC(=O)Oc1cccc(NCCc2cccs2)c1Cl.Cl. The molecule has 20 heavy (non-hydrogen) atoms. The lowest BCUT2D eigenvalue weighted by atomic mass is 10.2. The van der Waals surface area contributed by atoms with E-state index in [2.05, 4.69) is 16.8 Å². The molecule has 6 heteroatoms. The highest BCUT2D eigenvalue weighted by Crippen LogP contribution is 2.32. The van der Waals surface area contributed by atoms with Gasteiger partial charge in [0.2, 0.25) is 0 Å². The first-order chi connectivity index (χ1) is 9.16. The highest BCUT2D eigenvalue weighted by molar-refractivity contribution is 7.09. The third-order valence-corrected chi connectivity index (χ3v) is 3.81. The topological polar surface area (TPSA) is 38.3 Å². The Balaban J connectivity index is 0.00000200. The number of hydrogen-bond donors (Lipinski definition) is 1. The molecule has 0 unspecified atom stereocenters. The highest BCUT2D eigenvalue weighted by atomic mass is 35.5. The summed E-state index contributed by atoms with van der Waals surface area (Å²) >= 11 is 7.91. The van der Waals surface area contributed by atoms with Gasteiger partial charge in [0, 0.05) is 18.3 Å². The smallest absolute Gasteiger partial charge is 0.308 e. The minimum atomic E-state index is -0.377. The molecule has 1 aromatic carbocycles. The van der Waals surface area contributed by atoms with E-state index in [1.165, 1.54) is 11.8 Å². The summed E-state index contributed by atoms with van der Waals surface area (Å²) in [6, 6.07) is 9.48. The van der Waals surface area contributed by atoms with Gasteiger partial charge in [-0.15, -0.1) is 23.7 Å². The van der Waals surface area contributed by atoms with Gasteiger partial charge >= 0.3 is 5.97 Å². The van der Waals surface area contributed by atoms with Gasteiger partial charge in [0.1, 0.15) is 5.02 Å². The number of anilines is 1. The number of hydrogen-bond acceptors (Lipinski definition) is 4. The van der Waals surface area contributed by atoms with Gasteiger partial charge in [-0.3, -0.25) is 4.79 Å². The van der Waals surface area contributed by atoms with Gasteiger partial charge < -0.3 is 10.1 Å². The predicted octanol–water partition coefficient (Wildman–Crippen LogP) is 4.40. The van der Waals surface area contributed by atoms with Gasteiger partial charge in [-0.1, -0.05) is 23.7 Å². The fourth-order valence-corrected chi connectivity index (χ4v) is 2.60. The molecule has 0 amide bonds. The Kier molecular flexibility index (Phi) is 6.85. The number of rotatable bonds is 5. The maximum atomic E-state index is 10.9. The fourth-order valence-electron chi connectivity index (χ4n) is 1.66. The van der Waals surface area contributed by atoms with E-state index in [-0.39, 0.29) is 18.4 Å². The van der Waals surface area contributed by atoms with Gasteiger partial charge in [0.05, 0.1) is 5.69 Å². The van der Waals surface area contributed by atoms with Gasteiger partial charge in [0.15, 0.2) is 5.75 Å². The average molecular weight is 332 g/mol. The van der Waals surface area contributed by atoms with Gasteiger partial charge in [-0.05, 0) is 30.0 Å². The second-order valence-electron chi connectivity index (χ2n) is 3.97. The summed E-state index contributed by atoms with van der Waals surface area (Å²) in [6.45, 7) is 2.14. The number of carbonyl (C=O) groups excluding carboxylic acids is 1. The van der Waals surface area contributed by atoms with Gasteiger partial charge in [-0.2, -0.15) is 0 Å². The molecule has 2 rings (SSSR count). The van der Waals surface area contributed by atoms with Crippen LogP contribution in [0.4, 0.5) is 5.69 Å². The van der Waals surface area contributed by atoms with Crippen LogP contribution in [0.1, 0.15) is 11.8 Å². The maximum absolute atomic E-state index is 10.9. The summed E-state index contributed by atoms with van der Waals surface area (Å²) in [5.41, 5.74) is 0.775. The minimum Gasteiger partial charge on any atom is -0.425 e. The summed E-state index contributed by atoms with van der Waals surface area (Å²) in [5.74, 6) is 0.00734. The van der Waals surface area contributed by atoms with Crippen LogP contribution in [-0.2, 0) is 11.2 Å². The summed E-state index contributed by atoms with van der Waals surface area (Å²) in [7, 11) is 0. The Morgan fingerprint density at radius 2 is 2.15 bits per heavy atom. The lowest BCUT2D eigenvalue weighted by Gasteiger charge is -2.10. The van der Waals surface area contributed by atoms with E-state index in [1.807, 2.05) is 12.1 Å². The van der Waals surface area contributed by atoms with E-state index in [1.54, 1.807) is 23.5 Å². The third kappa shape index (κ3) is 4.71. The zero-order valence-corrected chi connectivity index (χ0v) is 13.3. The molecule has 3 nitrogen and oxygen atoms in total. The van der Waals surface area contributed by atoms with Crippen molar-refractivity contribution in [2.75, 3.05) is 11.9 Å². The Hall–Kier alpha value is -1.23. The molecule has 0 spiro atoms. The molecule has 1 aromatic heterocycles. The van der Waals surface area contributed by atoms with Crippen molar-refractivity contribution in [1.82, 2.24) is 0 Å². The molecule has 0 saturated heterocycles. The second-order valence-corrected chi connectivity index (χ2v) is 5.38. The number of nitrogens with one attached hydrogen (secondary N) is 1. The monoisotopic (exact) mass is 331 g/mol. The van der Waals surface area contributed by atoms with Crippen LogP contribution in [0.3, 0.4) is 0 Å². The van der Waals surface area contributed by atoms with Crippen LogP contribution in [0.15, 0.2) is 35.7 Å². The molecule has 0 radical (unpaired) electrons. The van der Waals surface area contributed by atoms with Crippen LogP contribution >= 0.6 is 35.3 Å². The van der Waals surface area contributed by atoms with E-state index in [0.29, 0.717) is 10.8 Å². The van der Waals surface area contributed by atoms with Crippen molar-refractivity contribution < 1.29 is 9.53 Å². The zero-order valence-electron chi connectivity index (χ0n) is 10.9. The molecule has 1 heterocycles. The largest absolute Gasteiger partial charge is 0.425 e. The Morgan fingerprint density at radius 1 is 1.35 bits per heavy atom. The number of ether oxygens (including phenoxy) is 1. The average Bonchev–Trinajstić information content (AvgIpc) is 2.86. The number of halogens is 2. The molecule has 0 fully saturated rings. The lowest BCUT2D eigenvalue weighted by Crippen LogP contribution is -2.06. The summed E-state index contributed by atoms with van der Waals surface area (Å²) < 4.78 is 5.03. The third-order valence-electron chi connectivity index (χ3n) is 2.48. The van der Waals surface area contributed by atoms with Crippen molar-refractivity contribution in [3.05, 3.63) is 45.6 Å². The zero-order chi connectivity index (χ0) is 13.7. The van der Waals surface area contributed by atoms with Crippen LogP contribution in [0.25, 0.3) is 0 Å². The van der Waals surface area contributed by atoms with Crippen LogP contribution in [0.5, 0.6) is 5.75 Å². The first-order valence-electron chi connectivity index (χ1n) is 5.90. The first-order valence-corrected chi connectivity index (χ1v) is 7.16. The van der Waals surface area contributed by atoms with Crippen molar-refractivity contribution >= 4 is 47.0 Å². The second kappa shape index (κ2) is 8.15. The number of carbonyl (C=O) groups is 1. The normalized spacial score (nSPS) is 9.70. The Bertz CT molecular complexity index is 558. The molecule has 0 bridgehead atoms. The van der Waals surface area contributed by atoms with Gasteiger partial charge in [0.25, 0.3) is 0 Å². The highest BCUT2D eigenvalue weighted by Gasteiger charge is 2.08. The molecule has 0 aliphatic rings. The van der Waals surface area contributed by atoms with Crippen molar-refractivity contribution in [3.63, 3.8) is 0 Å². The molecular formula is C14H15Cl2NO2S. The van der Waals surface area contributed by atoms with Crippen LogP contribution in [0.2, 0.25) is 5.02 Å². The Morgan fingerprint density at radius 3 is 2.80 bits per heavy atom. The Labute approximate surface area is 133 Å². The summed E-state index contributed by atoms with van der Waals surface area (Å²) in [5, 5.41) is 5.74. The predicted molar refractivity (Wildman–Crippen MR) is 86.5 cm³/mol. The van der Waals surface area contributed by atoms with Crippen LogP contribution in [-0.4, -0.2) is 12.5 Å². The minimum absolute atomic E-state index is 0. The molecular weight excluding hydrogens is 317 g/mol. The molecule has 1 N–H and O–H groups in total. The summed E-state index contributed by atoms with van der Waals surface area (Å²) in [4.78, 5) is 12.3. The number of thiophene rings is 1. The molecule has 0 aliphatic carbocycles. The molecule has 0 atom stereocenters. The summed E-state index contributed by atoms with van der Waals surface area (Å²) in [6.07, 6.45) is 0.936. The van der Waals surface area contributed by atoms with Crippen molar-refractivity contribution in [2.45, 2.75) is 13.3 Å². The van der Waals surface area contributed by atoms with E-state index >= 15 is 0 Å². The van der Waals surface area contributed by atoms with E-state index < -0.39 is 0 Å². The van der Waals surface area contributed by atoms with Crippen LogP contribution < -0.4 is 10.1 Å². The van der Waals surface area contributed by atoms with E-state index in [0.717, 1.165) is 18.7 Å². The van der Waals surface area contributed by atoms with Crippen molar-refractivity contribution in [1.29, 1.82) is 0 Å². The molecule has 0 saturated carbocycles. The quantitative estimate of drug-likeness (QED) is 0.651. The van der Waals surface area contributed by atoms with E-state index in [4.69, 9.17) is 16.3 Å². The lowest BCUT2D eigenvalue weighted by molar-refractivity contribution is -0.131. The fraction of sp³-hybridized carbons (Fsp3) is 0.214. The van der Waals surface area contributed by atoms with Crippen molar-refractivity contribution in [3.8, 4) is 5.75 Å². The van der Waals surface area contributed by atoms with Gasteiger partial charge in [-0.25, -0.2) is 0 Å². The molecule has 0 aliphatic heterocycles.